The van der Waals surface area contributed by atoms with Crippen molar-refractivity contribution in [2.45, 2.75) is 45.1 Å². The van der Waals surface area contributed by atoms with Crippen LogP contribution in [-0.2, 0) is 19.7 Å². The van der Waals surface area contributed by atoms with Crippen LogP contribution in [0, 0.1) is 0 Å². The zero-order valence-electron chi connectivity index (χ0n) is 14.8. The fourth-order valence-corrected chi connectivity index (χ4v) is 2.04. The number of carboxylic acids is 1. The topological polar surface area (TPSA) is 84.9 Å². The molecule has 0 aliphatic heterocycles. The monoisotopic (exact) mass is 337 g/mol. The Bertz CT molecular complexity index is 533. The maximum atomic E-state index is 11.6. The first-order valence-electron chi connectivity index (χ1n) is 7.99. The summed E-state index contributed by atoms with van der Waals surface area (Å²) in [7, 11) is 1.30. The van der Waals surface area contributed by atoms with Crippen molar-refractivity contribution in [1.82, 2.24) is 5.32 Å². The third-order valence-electron chi connectivity index (χ3n) is 3.58. The number of methoxy groups -OCH3 is 1. The van der Waals surface area contributed by atoms with E-state index in [0.717, 1.165) is 5.75 Å². The highest BCUT2D eigenvalue weighted by Gasteiger charge is 2.17. The first-order chi connectivity index (χ1) is 11.2. The van der Waals surface area contributed by atoms with Crippen LogP contribution in [0.5, 0.6) is 5.75 Å². The maximum Gasteiger partial charge on any atom is 0.334 e. The number of hydrogen-bond acceptors (Lipinski definition) is 4. The van der Waals surface area contributed by atoms with Crippen molar-refractivity contribution in [3.63, 3.8) is 0 Å². The number of ether oxygens (including phenoxy) is 2. The van der Waals surface area contributed by atoms with Gasteiger partial charge in [-0.05, 0) is 29.5 Å². The molecule has 1 rings (SSSR count). The summed E-state index contributed by atoms with van der Waals surface area (Å²) in [5.41, 5.74) is 1.34. The van der Waals surface area contributed by atoms with E-state index in [1.54, 1.807) is 0 Å². The highest BCUT2D eigenvalue weighted by molar-refractivity contribution is 5.78. The Hall–Kier alpha value is -2.08. The molecule has 1 aromatic carbocycles. The van der Waals surface area contributed by atoms with Gasteiger partial charge in [-0.25, -0.2) is 4.79 Å². The van der Waals surface area contributed by atoms with Crippen molar-refractivity contribution in [1.29, 1.82) is 0 Å². The Labute approximate surface area is 143 Å². The first-order valence-corrected chi connectivity index (χ1v) is 7.99. The molecule has 24 heavy (non-hydrogen) atoms. The Morgan fingerprint density at radius 2 is 1.83 bits per heavy atom. The summed E-state index contributed by atoms with van der Waals surface area (Å²) < 4.78 is 10.4. The molecule has 0 saturated heterocycles. The van der Waals surface area contributed by atoms with Gasteiger partial charge in [-0.1, -0.05) is 32.9 Å². The lowest BCUT2D eigenvalue weighted by atomic mass is 9.87. The molecule has 1 atom stereocenters. The lowest BCUT2D eigenvalue weighted by Crippen LogP contribution is -2.37. The minimum Gasteiger partial charge on any atom is -0.494 e. The quantitative estimate of drug-likeness (QED) is 0.676. The number of nitrogens with one attached hydrogen (secondary N) is 1. The molecule has 0 aromatic heterocycles. The second kappa shape index (κ2) is 9.27. The SMILES string of the molecule is COC(CNC(=O)CCCOc1ccc(C(C)(C)C)cc1)C(=O)O. The second-order valence-electron chi connectivity index (χ2n) is 6.59. The van der Waals surface area contributed by atoms with Crippen LogP contribution in [0.25, 0.3) is 0 Å². The Morgan fingerprint density at radius 3 is 2.33 bits per heavy atom. The molecule has 0 spiro atoms. The summed E-state index contributed by atoms with van der Waals surface area (Å²) in [5.74, 6) is -0.543. The van der Waals surface area contributed by atoms with Gasteiger partial charge in [-0.3, -0.25) is 4.79 Å². The summed E-state index contributed by atoms with van der Waals surface area (Å²) in [5, 5.41) is 11.3. The van der Waals surface area contributed by atoms with E-state index in [1.807, 2.05) is 24.3 Å². The molecule has 0 bridgehead atoms. The van der Waals surface area contributed by atoms with Gasteiger partial charge >= 0.3 is 5.97 Å². The van der Waals surface area contributed by atoms with Crippen molar-refractivity contribution >= 4 is 11.9 Å². The number of rotatable bonds is 9. The average molecular weight is 337 g/mol. The Morgan fingerprint density at radius 1 is 1.21 bits per heavy atom. The number of amides is 1. The van der Waals surface area contributed by atoms with Crippen molar-refractivity contribution < 1.29 is 24.2 Å². The number of benzene rings is 1. The minimum absolute atomic E-state index is 0.0419. The molecule has 1 aromatic rings. The molecular weight excluding hydrogens is 310 g/mol. The summed E-state index contributed by atoms with van der Waals surface area (Å²) in [4.78, 5) is 22.4. The number of carboxylic acid groups (broad SMARTS) is 1. The third kappa shape index (κ3) is 7.00. The molecule has 0 saturated carbocycles. The van der Waals surface area contributed by atoms with Gasteiger partial charge < -0.3 is 19.9 Å². The summed E-state index contributed by atoms with van der Waals surface area (Å²) in [6, 6.07) is 7.94. The predicted molar refractivity (Wildman–Crippen MR) is 91.3 cm³/mol. The molecule has 0 aliphatic rings. The number of carbonyl (C=O) groups is 2. The van der Waals surface area contributed by atoms with Crippen molar-refractivity contribution in [2.24, 2.45) is 0 Å². The van der Waals surface area contributed by atoms with Crippen LogP contribution in [0.2, 0.25) is 0 Å². The molecular formula is C18H27NO5. The fraction of sp³-hybridized carbons (Fsp3) is 0.556. The maximum absolute atomic E-state index is 11.6. The highest BCUT2D eigenvalue weighted by Crippen LogP contribution is 2.24. The Kier molecular flexibility index (Phi) is 7.71. The van der Waals surface area contributed by atoms with E-state index < -0.39 is 12.1 Å². The lowest BCUT2D eigenvalue weighted by Gasteiger charge is -2.19. The van der Waals surface area contributed by atoms with Crippen molar-refractivity contribution in [3.8, 4) is 5.75 Å². The van der Waals surface area contributed by atoms with E-state index in [4.69, 9.17) is 14.6 Å². The van der Waals surface area contributed by atoms with Crippen LogP contribution >= 0.6 is 0 Å². The van der Waals surface area contributed by atoms with Gasteiger partial charge in [0.25, 0.3) is 0 Å². The summed E-state index contributed by atoms with van der Waals surface area (Å²) >= 11 is 0. The molecule has 1 amide bonds. The van der Waals surface area contributed by atoms with E-state index in [-0.39, 0.29) is 24.3 Å². The average Bonchev–Trinajstić information content (AvgIpc) is 2.51. The highest BCUT2D eigenvalue weighted by atomic mass is 16.5. The van der Waals surface area contributed by atoms with Gasteiger partial charge in [0.2, 0.25) is 5.91 Å². The van der Waals surface area contributed by atoms with Gasteiger partial charge in [0.05, 0.1) is 13.2 Å². The largest absolute Gasteiger partial charge is 0.494 e. The minimum atomic E-state index is -1.10. The number of aliphatic carboxylic acids is 1. The molecule has 0 radical (unpaired) electrons. The van der Waals surface area contributed by atoms with Gasteiger partial charge in [-0.15, -0.1) is 0 Å². The fourth-order valence-electron chi connectivity index (χ4n) is 2.04. The first kappa shape index (κ1) is 20.0. The smallest absolute Gasteiger partial charge is 0.334 e. The molecule has 0 aliphatic carbocycles. The van der Waals surface area contributed by atoms with Crippen LogP contribution in [0.1, 0.15) is 39.2 Å². The summed E-state index contributed by atoms with van der Waals surface area (Å²) in [6.07, 6.45) is -0.195. The molecule has 6 heteroatoms. The van der Waals surface area contributed by atoms with E-state index in [0.29, 0.717) is 13.0 Å². The van der Waals surface area contributed by atoms with Crippen LogP contribution in [-0.4, -0.2) is 43.3 Å². The molecule has 0 heterocycles. The Balaban J connectivity index is 2.26. The summed E-state index contributed by atoms with van der Waals surface area (Å²) in [6.45, 7) is 6.84. The van der Waals surface area contributed by atoms with Gasteiger partial charge in [0.15, 0.2) is 6.10 Å². The molecule has 1 unspecified atom stereocenters. The zero-order valence-corrected chi connectivity index (χ0v) is 14.8. The van der Waals surface area contributed by atoms with E-state index in [9.17, 15) is 9.59 Å². The second-order valence-corrected chi connectivity index (χ2v) is 6.59. The van der Waals surface area contributed by atoms with Crippen LogP contribution < -0.4 is 10.1 Å². The van der Waals surface area contributed by atoms with Crippen LogP contribution in [0.3, 0.4) is 0 Å². The van der Waals surface area contributed by atoms with E-state index in [2.05, 4.69) is 26.1 Å². The van der Waals surface area contributed by atoms with Crippen LogP contribution in [0.4, 0.5) is 0 Å². The predicted octanol–water partition coefficient (Wildman–Crippen LogP) is 2.36. The van der Waals surface area contributed by atoms with Gasteiger partial charge in [-0.2, -0.15) is 0 Å². The molecule has 6 nitrogen and oxygen atoms in total. The lowest BCUT2D eigenvalue weighted by molar-refractivity contribution is -0.148. The van der Waals surface area contributed by atoms with Crippen molar-refractivity contribution in [2.75, 3.05) is 20.3 Å². The van der Waals surface area contributed by atoms with Gasteiger partial charge in [0, 0.05) is 13.5 Å². The normalized spacial score (nSPS) is 12.5. The van der Waals surface area contributed by atoms with E-state index in [1.165, 1.54) is 12.7 Å². The molecule has 0 fully saturated rings. The molecule has 134 valence electrons. The van der Waals surface area contributed by atoms with E-state index >= 15 is 0 Å². The van der Waals surface area contributed by atoms with Crippen molar-refractivity contribution in [3.05, 3.63) is 29.8 Å². The number of hydrogen-bond donors (Lipinski definition) is 2. The third-order valence-corrected chi connectivity index (χ3v) is 3.58. The number of carbonyl (C=O) groups excluding carboxylic acids is 1. The van der Waals surface area contributed by atoms with Crippen LogP contribution in [0.15, 0.2) is 24.3 Å². The standard InChI is InChI=1S/C18H27NO5/c1-18(2,3)13-7-9-14(10-8-13)24-11-5-6-16(20)19-12-15(23-4)17(21)22/h7-10,15H,5-6,11-12H2,1-4H3,(H,19,20)(H,21,22). The molecule has 2 N–H and O–H groups in total. The zero-order chi connectivity index (χ0) is 18.2. The van der Waals surface area contributed by atoms with Gasteiger partial charge in [0.1, 0.15) is 5.75 Å².